The zero-order valence-electron chi connectivity index (χ0n) is 13.2. The Morgan fingerprint density at radius 1 is 1.43 bits per heavy atom. The van der Waals surface area contributed by atoms with Crippen LogP contribution in [0.1, 0.15) is 32.4 Å². The molecular weight excluding hydrogens is 284 g/mol. The van der Waals surface area contributed by atoms with Crippen molar-refractivity contribution >= 4 is 17.9 Å². The van der Waals surface area contributed by atoms with E-state index in [0.29, 0.717) is 6.54 Å². The van der Waals surface area contributed by atoms with Gasteiger partial charge < -0.3 is 10.1 Å². The van der Waals surface area contributed by atoms with Crippen molar-refractivity contribution in [2.45, 2.75) is 37.3 Å². The maximum absolute atomic E-state index is 12.4. The van der Waals surface area contributed by atoms with Crippen LogP contribution in [-0.2, 0) is 4.74 Å². The Morgan fingerprint density at radius 2 is 2.19 bits per heavy atom. The number of hydrogen-bond donors (Lipinski definition) is 1. The second kappa shape index (κ2) is 6.71. The van der Waals surface area contributed by atoms with Gasteiger partial charge in [0.15, 0.2) is 0 Å². The maximum Gasteiger partial charge on any atom is 0.410 e. The Kier molecular flexibility index (Phi) is 5.17. The molecule has 0 aromatic heterocycles. The van der Waals surface area contributed by atoms with Gasteiger partial charge in [-0.05, 0) is 44.7 Å². The molecule has 0 radical (unpaired) electrons. The lowest BCUT2D eigenvalue weighted by molar-refractivity contribution is 0.0118. The quantitative estimate of drug-likeness (QED) is 0.851. The first kappa shape index (κ1) is 16.2. The lowest BCUT2D eigenvalue weighted by Crippen LogP contribution is -2.50. The molecule has 1 amide bonds. The molecule has 21 heavy (non-hydrogen) atoms. The number of amides is 1. The summed E-state index contributed by atoms with van der Waals surface area (Å²) in [5.41, 5.74) is 0.688. The molecule has 1 aromatic rings. The highest BCUT2D eigenvalue weighted by molar-refractivity contribution is 7.98. The largest absolute Gasteiger partial charge is 0.444 e. The summed E-state index contributed by atoms with van der Waals surface area (Å²) in [5.74, 6) is 0. The summed E-state index contributed by atoms with van der Waals surface area (Å²) in [7, 11) is 0. The summed E-state index contributed by atoms with van der Waals surface area (Å²) >= 11 is 1.71. The van der Waals surface area contributed by atoms with Gasteiger partial charge in [0.25, 0.3) is 0 Å². The summed E-state index contributed by atoms with van der Waals surface area (Å²) in [4.78, 5) is 15.5. The van der Waals surface area contributed by atoms with Crippen molar-refractivity contribution in [3.05, 3.63) is 29.8 Å². The second-order valence-electron chi connectivity index (χ2n) is 6.17. The number of piperazine rings is 1. The number of carbonyl (C=O) groups is 1. The lowest BCUT2D eigenvalue weighted by atomic mass is 10.0. The van der Waals surface area contributed by atoms with E-state index in [1.54, 1.807) is 11.8 Å². The van der Waals surface area contributed by atoms with Crippen molar-refractivity contribution in [1.29, 1.82) is 0 Å². The Morgan fingerprint density at radius 3 is 2.86 bits per heavy atom. The highest BCUT2D eigenvalue weighted by Crippen LogP contribution is 2.27. The van der Waals surface area contributed by atoms with E-state index in [-0.39, 0.29) is 12.1 Å². The number of thioether (sulfide) groups is 1. The highest BCUT2D eigenvalue weighted by atomic mass is 32.2. The molecule has 4 nitrogen and oxygen atoms in total. The summed E-state index contributed by atoms with van der Waals surface area (Å²) in [5, 5.41) is 3.36. The molecule has 1 atom stereocenters. The summed E-state index contributed by atoms with van der Waals surface area (Å²) < 4.78 is 5.54. The molecule has 0 bridgehead atoms. The molecule has 5 heteroatoms. The van der Waals surface area contributed by atoms with Gasteiger partial charge in [-0.15, -0.1) is 11.8 Å². The molecule has 2 rings (SSSR count). The van der Waals surface area contributed by atoms with Crippen molar-refractivity contribution in [3.8, 4) is 0 Å². The first-order valence-corrected chi connectivity index (χ1v) is 8.47. The zero-order valence-corrected chi connectivity index (χ0v) is 14.0. The van der Waals surface area contributed by atoms with Crippen LogP contribution in [0.4, 0.5) is 4.79 Å². The first-order chi connectivity index (χ1) is 9.90. The molecule has 1 fully saturated rings. The lowest BCUT2D eigenvalue weighted by Gasteiger charge is -2.37. The predicted molar refractivity (Wildman–Crippen MR) is 86.8 cm³/mol. The number of benzene rings is 1. The minimum absolute atomic E-state index is 0.0284. The zero-order chi connectivity index (χ0) is 15.5. The van der Waals surface area contributed by atoms with Crippen molar-refractivity contribution in [3.63, 3.8) is 0 Å². The van der Waals surface area contributed by atoms with Crippen LogP contribution in [0, 0.1) is 0 Å². The smallest absolute Gasteiger partial charge is 0.410 e. The third kappa shape index (κ3) is 4.38. The van der Waals surface area contributed by atoms with Gasteiger partial charge in [0.1, 0.15) is 5.60 Å². The van der Waals surface area contributed by atoms with Crippen molar-refractivity contribution in [2.75, 3.05) is 25.9 Å². The molecule has 0 spiro atoms. The monoisotopic (exact) mass is 308 g/mol. The molecule has 0 aliphatic carbocycles. The Bertz CT molecular complexity index is 499. The Labute approximate surface area is 131 Å². The van der Waals surface area contributed by atoms with Crippen LogP contribution in [0.5, 0.6) is 0 Å². The summed E-state index contributed by atoms with van der Waals surface area (Å²) in [6, 6.07) is 8.39. The van der Waals surface area contributed by atoms with Crippen LogP contribution in [0.15, 0.2) is 29.2 Å². The van der Waals surface area contributed by atoms with E-state index in [2.05, 4.69) is 29.8 Å². The van der Waals surface area contributed by atoms with E-state index < -0.39 is 5.60 Å². The molecule has 1 saturated heterocycles. The molecule has 1 aliphatic heterocycles. The van der Waals surface area contributed by atoms with E-state index in [1.807, 2.05) is 31.7 Å². The predicted octanol–water partition coefficient (Wildman–Crippen LogP) is 3.29. The van der Waals surface area contributed by atoms with Gasteiger partial charge in [-0.3, -0.25) is 4.90 Å². The standard InChI is InChI=1S/C16H24N2O2S/c1-16(2,3)20-15(19)18-9-8-17-11-14(18)12-6-5-7-13(10-12)21-4/h5-7,10,14,17H,8-9,11H2,1-4H3. The fraction of sp³-hybridized carbons (Fsp3) is 0.562. The van der Waals surface area contributed by atoms with Gasteiger partial charge in [-0.25, -0.2) is 4.79 Å². The van der Waals surface area contributed by atoms with Crippen molar-refractivity contribution in [1.82, 2.24) is 10.2 Å². The van der Waals surface area contributed by atoms with E-state index in [1.165, 1.54) is 4.90 Å². The number of carbonyl (C=O) groups excluding carboxylic acids is 1. The van der Waals surface area contributed by atoms with Gasteiger partial charge >= 0.3 is 6.09 Å². The fourth-order valence-corrected chi connectivity index (χ4v) is 2.86. The normalized spacial score (nSPS) is 19.4. The number of ether oxygens (including phenoxy) is 1. The number of rotatable bonds is 2. The van der Waals surface area contributed by atoms with Crippen LogP contribution in [0.3, 0.4) is 0 Å². The summed E-state index contributed by atoms with van der Waals surface area (Å²) in [6.45, 7) is 7.93. The van der Waals surface area contributed by atoms with Gasteiger partial charge in [0.05, 0.1) is 6.04 Å². The Balaban J connectivity index is 2.20. The van der Waals surface area contributed by atoms with Crippen LogP contribution in [0.2, 0.25) is 0 Å². The molecule has 1 aliphatic rings. The van der Waals surface area contributed by atoms with E-state index in [4.69, 9.17) is 4.74 Å². The number of hydrogen-bond acceptors (Lipinski definition) is 4. The molecule has 1 aromatic carbocycles. The average molecular weight is 308 g/mol. The van der Waals surface area contributed by atoms with Gasteiger partial charge in [-0.1, -0.05) is 12.1 Å². The summed E-state index contributed by atoms with van der Waals surface area (Å²) in [6.07, 6.45) is 1.83. The molecule has 1 heterocycles. The maximum atomic E-state index is 12.4. The average Bonchev–Trinajstić information content (AvgIpc) is 2.45. The molecule has 0 saturated carbocycles. The molecular formula is C16H24N2O2S. The third-order valence-electron chi connectivity index (χ3n) is 3.35. The highest BCUT2D eigenvalue weighted by Gasteiger charge is 2.31. The topological polar surface area (TPSA) is 41.6 Å². The van der Waals surface area contributed by atoms with Crippen molar-refractivity contribution < 1.29 is 9.53 Å². The number of nitrogens with one attached hydrogen (secondary N) is 1. The molecule has 1 N–H and O–H groups in total. The van der Waals surface area contributed by atoms with Crippen molar-refractivity contribution in [2.24, 2.45) is 0 Å². The first-order valence-electron chi connectivity index (χ1n) is 7.25. The van der Waals surface area contributed by atoms with E-state index in [9.17, 15) is 4.79 Å². The SMILES string of the molecule is CSc1cccc(C2CNCCN2C(=O)OC(C)(C)C)c1. The van der Waals surface area contributed by atoms with E-state index >= 15 is 0 Å². The van der Waals surface area contributed by atoms with Crippen LogP contribution < -0.4 is 5.32 Å². The van der Waals surface area contributed by atoms with Gasteiger partial charge in [0.2, 0.25) is 0 Å². The third-order valence-corrected chi connectivity index (χ3v) is 4.08. The second-order valence-corrected chi connectivity index (χ2v) is 7.05. The van der Waals surface area contributed by atoms with Crippen LogP contribution in [0.25, 0.3) is 0 Å². The fourth-order valence-electron chi connectivity index (χ4n) is 2.39. The number of nitrogens with zero attached hydrogens (tertiary/aromatic N) is 1. The molecule has 116 valence electrons. The minimum Gasteiger partial charge on any atom is -0.444 e. The minimum atomic E-state index is -0.465. The van der Waals surface area contributed by atoms with Crippen LogP contribution >= 0.6 is 11.8 Å². The van der Waals surface area contributed by atoms with Crippen LogP contribution in [-0.4, -0.2) is 42.5 Å². The Hall–Kier alpha value is -1.20. The van der Waals surface area contributed by atoms with Gasteiger partial charge in [-0.2, -0.15) is 0 Å². The molecule has 1 unspecified atom stereocenters. The van der Waals surface area contributed by atoms with E-state index in [0.717, 1.165) is 18.7 Å². The van der Waals surface area contributed by atoms with Gasteiger partial charge in [0, 0.05) is 24.5 Å².